The van der Waals surface area contributed by atoms with Gasteiger partial charge in [0, 0.05) is 22.6 Å². The van der Waals surface area contributed by atoms with Crippen molar-refractivity contribution in [1.82, 2.24) is 4.98 Å². The molecule has 1 heterocycles. The smallest absolute Gasteiger partial charge is 0.280 e. The van der Waals surface area contributed by atoms with Crippen molar-refractivity contribution in [3.05, 3.63) is 27.7 Å². The summed E-state index contributed by atoms with van der Waals surface area (Å²) < 4.78 is 37.3. The van der Waals surface area contributed by atoms with Crippen molar-refractivity contribution >= 4 is 15.9 Å². The van der Waals surface area contributed by atoms with E-state index in [1.807, 2.05) is 0 Å². The van der Waals surface area contributed by atoms with Gasteiger partial charge in [-0.25, -0.2) is 13.8 Å². The lowest BCUT2D eigenvalue weighted by molar-refractivity contribution is 0.143. The van der Waals surface area contributed by atoms with Gasteiger partial charge in [0.15, 0.2) is 0 Å². The molecule has 0 bridgehead atoms. The first-order valence-electron chi connectivity index (χ1n) is 3.39. The van der Waals surface area contributed by atoms with Crippen LogP contribution in [0.3, 0.4) is 0 Å². The first-order valence-corrected chi connectivity index (χ1v) is 4.18. The number of rotatable bonds is 2. The van der Waals surface area contributed by atoms with E-state index in [4.69, 9.17) is 5.73 Å². The summed E-state index contributed by atoms with van der Waals surface area (Å²) in [6.07, 6.45) is -2.81. The fourth-order valence-corrected chi connectivity index (χ4v) is 1.47. The van der Waals surface area contributed by atoms with Gasteiger partial charge in [-0.3, -0.25) is 0 Å². The Kier molecular flexibility index (Phi) is 3.27. The van der Waals surface area contributed by atoms with E-state index in [9.17, 15) is 13.2 Å². The third-order valence-electron chi connectivity index (χ3n) is 1.48. The van der Waals surface area contributed by atoms with Gasteiger partial charge >= 0.3 is 0 Å². The topological polar surface area (TPSA) is 38.9 Å². The molecule has 0 atom stereocenters. The van der Waals surface area contributed by atoms with Crippen molar-refractivity contribution in [2.45, 2.75) is 13.0 Å². The van der Waals surface area contributed by atoms with E-state index < -0.39 is 18.1 Å². The van der Waals surface area contributed by atoms with Crippen LogP contribution >= 0.6 is 15.9 Å². The van der Waals surface area contributed by atoms with Crippen molar-refractivity contribution in [2.75, 3.05) is 0 Å². The number of hydrogen-bond donors (Lipinski definition) is 1. The molecule has 2 N–H and O–H groups in total. The Balaban J connectivity index is 3.29. The maximum Gasteiger partial charge on any atom is 0.280 e. The van der Waals surface area contributed by atoms with Gasteiger partial charge in [-0.15, -0.1) is 0 Å². The second-order valence-electron chi connectivity index (χ2n) is 2.30. The molecule has 0 amide bonds. The minimum atomic E-state index is -2.81. The van der Waals surface area contributed by atoms with Crippen LogP contribution in [0.5, 0.6) is 0 Å². The third-order valence-corrected chi connectivity index (χ3v) is 2.19. The Hall–Kier alpha value is -0.620. The van der Waals surface area contributed by atoms with Gasteiger partial charge < -0.3 is 5.73 Å². The highest BCUT2D eigenvalue weighted by molar-refractivity contribution is 9.10. The summed E-state index contributed by atoms with van der Waals surface area (Å²) in [5.41, 5.74) is 4.75. The molecule has 0 fully saturated rings. The van der Waals surface area contributed by atoms with E-state index in [1.54, 1.807) is 0 Å². The summed E-state index contributed by atoms with van der Waals surface area (Å²) >= 11 is 2.93. The first kappa shape index (κ1) is 10.5. The summed E-state index contributed by atoms with van der Waals surface area (Å²) in [7, 11) is 0. The second kappa shape index (κ2) is 4.06. The van der Waals surface area contributed by atoms with Gasteiger partial charge in [0.2, 0.25) is 5.95 Å². The molecule has 0 aromatic carbocycles. The van der Waals surface area contributed by atoms with Crippen molar-refractivity contribution in [3.8, 4) is 0 Å². The lowest BCUT2D eigenvalue weighted by Gasteiger charge is -2.07. The highest BCUT2D eigenvalue weighted by Gasteiger charge is 2.17. The average Bonchev–Trinajstić information content (AvgIpc) is 2.02. The Morgan fingerprint density at radius 2 is 2.15 bits per heavy atom. The maximum atomic E-state index is 12.6. The van der Waals surface area contributed by atoms with E-state index in [2.05, 4.69) is 20.9 Å². The summed E-state index contributed by atoms with van der Waals surface area (Å²) in [6, 6.07) is 1.01. The van der Waals surface area contributed by atoms with Crippen LogP contribution in [-0.2, 0) is 6.54 Å². The molecular weight excluding hydrogens is 249 g/mol. The molecule has 2 nitrogen and oxygen atoms in total. The fourth-order valence-electron chi connectivity index (χ4n) is 0.911. The summed E-state index contributed by atoms with van der Waals surface area (Å²) in [5, 5.41) is 0. The quantitative estimate of drug-likeness (QED) is 0.824. The molecule has 0 saturated carbocycles. The van der Waals surface area contributed by atoms with E-state index in [-0.39, 0.29) is 16.6 Å². The number of hydrogen-bond acceptors (Lipinski definition) is 2. The molecular formula is C7H6BrF3N2. The van der Waals surface area contributed by atoms with Crippen molar-refractivity contribution in [1.29, 1.82) is 0 Å². The molecule has 1 aromatic rings. The van der Waals surface area contributed by atoms with E-state index in [0.29, 0.717) is 0 Å². The first-order chi connectivity index (χ1) is 6.06. The zero-order valence-corrected chi connectivity index (χ0v) is 7.98. The zero-order chi connectivity index (χ0) is 10.0. The number of nitrogens with two attached hydrogens (primary N) is 1. The Bertz CT molecular complexity index is 317. The summed E-state index contributed by atoms with van der Waals surface area (Å²) in [4.78, 5) is 3.08. The van der Waals surface area contributed by atoms with Gasteiger partial charge in [0.05, 0.1) is 0 Å². The predicted molar refractivity (Wildman–Crippen MR) is 44.7 cm³/mol. The Morgan fingerprint density at radius 3 is 2.62 bits per heavy atom. The van der Waals surface area contributed by atoms with Crippen LogP contribution in [0.4, 0.5) is 13.2 Å². The molecule has 1 rings (SSSR count). The highest BCUT2D eigenvalue weighted by atomic mass is 79.9. The molecule has 0 spiro atoms. The summed E-state index contributed by atoms with van der Waals surface area (Å²) in [6.45, 7) is -0.104. The molecule has 0 radical (unpaired) electrons. The van der Waals surface area contributed by atoms with Gasteiger partial charge in [-0.1, -0.05) is 15.9 Å². The standard InChI is InChI=1S/C7H6BrF3N2/c8-4-1-5(9)13-6(7(10)11)3(4)2-12/h1,7H,2,12H2. The Morgan fingerprint density at radius 1 is 1.54 bits per heavy atom. The number of nitrogens with zero attached hydrogens (tertiary/aromatic N) is 1. The van der Waals surface area contributed by atoms with Gasteiger partial charge in [0.25, 0.3) is 6.43 Å². The molecule has 1 aromatic heterocycles. The van der Waals surface area contributed by atoms with Crippen LogP contribution in [0, 0.1) is 5.95 Å². The molecule has 0 aliphatic carbocycles. The van der Waals surface area contributed by atoms with Crippen LogP contribution in [0.25, 0.3) is 0 Å². The predicted octanol–water partition coefficient (Wildman–Crippen LogP) is 2.38. The summed E-state index contributed by atoms with van der Waals surface area (Å²) in [5.74, 6) is -0.945. The van der Waals surface area contributed by atoms with E-state index >= 15 is 0 Å². The molecule has 0 unspecified atom stereocenters. The minimum absolute atomic E-state index is 0.104. The molecule has 13 heavy (non-hydrogen) atoms. The van der Waals surface area contributed by atoms with Crippen molar-refractivity contribution in [3.63, 3.8) is 0 Å². The molecule has 0 aliphatic rings. The lowest BCUT2D eigenvalue weighted by atomic mass is 10.2. The zero-order valence-electron chi connectivity index (χ0n) is 6.40. The Labute approximate surface area is 81.1 Å². The SMILES string of the molecule is NCc1c(Br)cc(F)nc1C(F)F. The average molecular weight is 255 g/mol. The van der Waals surface area contributed by atoms with Crippen LogP contribution in [0.1, 0.15) is 17.7 Å². The third kappa shape index (κ3) is 2.19. The van der Waals surface area contributed by atoms with Crippen molar-refractivity contribution in [2.24, 2.45) is 5.73 Å². The molecule has 72 valence electrons. The molecule has 0 aliphatic heterocycles. The minimum Gasteiger partial charge on any atom is -0.326 e. The van der Waals surface area contributed by atoms with Gasteiger partial charge in [-0.05, 0) is 0 Å². The van der Waals surface area contributed by atoms with Crippen LogP contribution in [0.2, 0.25) is 0 Å². The van der Waals surface area contributed by atoms with Crippen LogP contribution < -0.4 is 5.73 Å². The monoisotopic (exact) mass is 254 g/mol. The number of pyridine rings is 1. The normalized spacial score (nSPS) is 10.9. The number of alkyl halides is 2. The number of halogens is 4. The number of aromatic nitrogens is 1. The molecule has 0 saturated heterocycles. The lowest BCUT2D eigenvalue weighted by Crippen LogP contribution is -2.07. The van der Waals surface area contributed by atoms with Gasteiger partial charge in [0.1, 0.15) is 5.69 Å². The van der Waals surface area contributed by atoms with Crippen molar-refractivity contribution < 1.29 is 13.2 Å². The largest absolute Gasteiger partial charge is 0.326 e. The second-order valence-corrected chi connectivity index (χ2v) is 3.15. The van der Waals surface area contributed by atoms with E-state index in [0.717, 1.165) is 6.07 Å². The molecule has 6 heteroatoms. The fraction of sp³-hybridized carbons (Fsp3) is 0.286. The van der Waals surface area contributed by atoms with Crippen LogP contribution in [0.15, 0.2) is 10.5 Å². The van der Waals surface area contributed by atoms with E-state index in [1.165, 1.54) is 0 Å². The van der Waals surface area contributed by atoms with Gasteiger partial charge in [-0.2, -0.15) is 4.39 Å². The van der Waals surface area contributed by atoms with Crippen LogP contribution in [-0.4, -0.2) is 4.98 Å². The maximum absolute atomic E-state index is 12.6. The highest BCUT2D eigenvalue weighted by Crippen LogP contribution is 2.26.